The number of aliphatic hydroxyl groups excluding tert-OH is 1. The van der Waals surface area contributed by atoms with Crippen molar-refractivity contribution in [2.24, 2.45) is 0 Å². The van der Waals surface area contributed by atoms with Crippen LogP contribution in [0.25, 0.3) is 0 Å². The van der Waals surface area contributed by atoms with E-state index in [0.29, 0.717) is 6.54 Å². The number of likely N-dealkylation sites (N-methyl/N-ethyl adjacent to an activating group) is 1. The second-order valence-electron chi connectivity index (χ2n) is 5.42. The number of benzene rings is 1. The highest BCUT2D eigenvalue weighted by Gasteiger charge is 2.20. The van der Waals surface area contributed by atoms with Gasteiger partial charge < -0.3 is 14.7 Å². The molecule has 0 spiro atoms. The lowest BCUT2D eigenvalue weighted by Crippen LogP contribution is -2.49. The van der Waals surface area contributed by atoms with E-state index >= 15 is 0 Å². The van der Waals surface area contributed by atoms with Gasteiger partial charge in [0.05, 0.1) is 4.92 Å². The van der Waals surface area contributed by atoms with Crippen LogP contribution in [0.4, 0.5) is 5.69 Å². The van der Waals surface area contributed by atoms with Crippen molar-refractivity contribution < 1.29 is 14.8 Å². The summed E-state index contributed by atoms with van der Waals surface area (Å²) in [4.78, 5) is 15.0. The van der Waals surface area contributed by atoms with Crippen LogP contribution >= 0.6 is 24.8 Å². The lowest BCUT2D eigenvalue weighted by Gasteiger charge is -2.34. The van der Waals surface area contributed by atoms with Gasteiger partial charge in [-0.1, -0.05) is 19.1 Å². The fourth-order valence-corrected chi connectivity index (χ4v) is 2.55. The van der Waals surface area contributed by atoms with E-state index in [2.05, 4.69) is 16.7 Å². The van der Waals surface area contributed by atoms with Gasteiger partial charge in [-0.05, 0) is 12.6 Å². The third kappa shape index (κ3) is 6.78. The summed E-state index contributed by atoms with van der Waals surface area (Å²) >= 11 is 0. The predicted molar refractivity (Wildman–Crippen MR) is 97.6 cm³/mol. The van der Waals surface area contributed by atoms with E-state index in [1.165, 1.54) is 6.07 Å². The number of nitrogens with zero attached hydrogens (tertiary/aromatic N) is 3. The highest BCUT2D eigenvalue weighted by Crippen LogP contribution is 2.25. The molecule has 0 bridgehead atoms. The largest absolute Gasteiger partial charge is 0.484 e. The predicted octanol–water partition coefficient (Wildman–Crippen LogP) is 1.82. The van der Waals surface area contributed by atoms with Crippen molar-refractivity contribution in [3.05, 3.63) is 34.4 Å². The van der Waals surface area contributed by atoms with Crippen LogP contribution < -0.4 is 4.74 Å². The van der Waals surface area contributed by atoms with Crippen molar-refractivity contribution in [2.45, 2.75) is 13.0 Å². The summed E-state index contributed by atoms with van der Waals surface area (Å²) in [6.07, 6.45) is -0.659. The van der Waals surface area contributed by atoms with Crippen LogP contribution in [0.5, 0.6) is 5.75 Å². The SMILES string of the molecule is CCN1CCN(CC(O)COc2ccccc2[N+](=O)[O-])CC1.Cl.Cl. The molecule has 24 heavy (non-hydrogen) atoms. The molecule has 1 N–H and O–H groups in total. The van der Waals surface area contributed by atoms with Gasteiger partial charge in [0.15, 0.2) is 5.75 Å². The topological polar surface area (TPSA) is 79.1 Å². The molecule has 9 heteroatoms. The first kappa shape index (κ1) is 22.9. The summed E-state index contributed by atoms with van der Waals surface area (Å²) in [5.74, 6) is 0.197. The van der Waals surface area contributed by atoms with Gasteiger partial charge in [-0.2, -0.15) is 0 Å². The summed E-state index contributed by atoms with van der Waals surface area (Å²) in [6, 6.07) is 6.21. The highest BCUT2D eigenvalue weighted by molar-refractivity contribution is 5.85. The van der Waals surface area contributed by atoms with Crippen LogP contribution in [0, 0.1) is 10.1 Å². The Hall–Kier alpha value is -1.12. The number of hydrogen-bond acceptors (Lipinski definition) is 6. The Bertz CT molecular complexity index is 499. The maximum Gasteiger partial charge on any atom is 0.310 e. The molecule has 1 atom stereocenters. The Morgan fingerprint density at radius 1 is 1.21 bits per heavy atom. The monoisotopic (exact) mass is 381 g/mol. The average Bonchev–Trinajstić information content (AvgIpc) is 2.54. The van der Waals surface area contributed by atoms with Crippen molar-refractivity contribution >= 4 is 30.5 Å². The van der Waals surface area contributed by atoms with Gasteiger partial charge >= 0.3 is 5.69 Å². The molecule has 1 aromatic carbocycles. The first-order valence-electron chi connectivity index (χ1n) is 7.59. The lowest BCUT2D eigenvalue weighted by molar-refractivity contribution is -0.385. The summed E-state index contributed by atoms with van der Waals surface area (Å²) in [6.45, 7) is 7.65. The summed E-state index contributed by atoms with van der Waals surface area (Å²) in [7, 11) is 0. The minimum atomic E-state index is -0.659. The summed E-state index contributed by atoms with van der Waals surface area (Å²) < 4.78 is 5.42. The number of β-amino-alcohol motifs (C(OH)–C–C–N with tert-alkyl or cyclic N) is 1. The van der Waals surface area contributed by atoms with E-state index in [1.54, 1.807) is 18.2 Å². The summed E-state index contributed by atoms with van der Waals surface area (Å²) in [5.41, 5.74) is -0.0775. The van der Waals surface area contributed by atoms with Gasteiger partial charge in [-0.25, -0.2) is 0 Å². The van der Waals surface area contributed by atoms with Crippen molar-refractivity contribution in [1.82, 2.24) is 9.80 Å². The van der Waals surface area contributed by atoms with Crippen LogP contribution in [0.15, 0.2) is 24.3 Å². The summed E-state index contributed by atoms with van der Waals surface area (Å²) in [5, 5.41) is 21.0. The molecule has 1 aromatic rings. The van der Waals surface area contributed by atoms with E-state index < -0.39 is 11.0 Å². The average molecular weight is 382 g/mol. The molecule has 0 aromatic heterocycles. The first-order chi connectivity index (χ1) is 10.6. The van der Waals surface area contributed by atoms with Crippen molar-refractivity contribution in [1.29, 1.82) is 0 Å². The fourth-order valence-electron chi connectivity index (χ4n) is 2.55. The fraction of sp³-hybridized carbons (Fsp3) is 0.600. The van der Waals surface area contributed by atoms with Gasteiger partial charge in [-0.3, -0.25) is 15.0 Å². The van der Waals surface area contributed by atoms with Crippen LogP contribution in [-0.2, 0) is 0 Å². The maximum atomic E-state index is 10.9. The smallest absolute Gasteiger partial charge is 0.310 e. The molecule has 1 fully saturated rings. The zero-order chi connectivity index (χ0) is 15.9. The Labute approximate surface area is 154 Å². The molecule has 1 aliphatic rings. The van der Waals surface area contributed by atoms with Gasteiger partial charge in [0, 0.05) is 38.8 Å². The standard InChI is InChI=1S/C15H23N3O4.2ClH/c1-2-16-7-9-17(10-8-16)11-13(19)12-22-15-6-4-3-5-14(15)18(20)21;;/h3-6,13,19H,2,7-12H2,1H3;2*1H. The van der Waals surface area contributed by atoms with Gasteiger partial charge in [0.1, 0.15) is 12.7 Å². The molecule has 0 amide bonds. The quantitative estimate of drug-likeness (QED) is 0.573. The second kappa shape index (κ2) is 11.4. The zero-order valence-electron chi connectivity index (χ0n) is 13.7. The van der Waals surface area contributed by atoms with Crippen molar-refractivity contribution in [2.75, 3.05) is 45.9 Å². The molecule has 0 saturated carbocycles. The molecule has 1 heterocycles. The number of rotatable bonds is 7. The molecule has 138 valence electrons. The van der Waals surface area contributed by atoms with Gasteiger partial charge in [0.2, 0.25) is 0 Å². The zero-order valence-corrected chi connectivity index (χ0v) is 15.3. The van der Waals surface area contributed by atoms with E-state index in [1.807, 2.05) is 0 Å². The Kier molecular flexibility index (Phi) is 10.9. The highest BCUT2D eigenvalue weighted by atomic mass is 35.5. The number of aliphatic hydroxyl groups is 1. The number of para-hydroxylation sites is 2. The number of piperazine rings is 1. The van der Waals surface area contributed by atoms with Crippen LogP contribution in [0.2, 0.25) is 0 Å². The number of halogens is 2. The normalized spacial score (nSPS) is 16.6. The van der Waals surface area contributed by atoms with Crippen molar-refractivity contribution in [3.8, 4) is 5.75 Å². The molecule has 0 aliphatic carbocycles. The molecule has 7 nitrogen and oxygen atoms in total. The molecular formula is C15H25Cl2N3O4. The number of hydrogen-bond donors (Lipinski definition) is 1. The van der Waals surface area contributed by atoms with E-state index in [4.69, 9.17) is 4.74 Å². The molecule has 1 saturated heterocycles. The van der Waals surface area contributed by atoms with Gasteiger partial charge in [-0.15, -0.1) is 24.8 Å². The maximum absolute atomic E-state index is 10.9. The minimum Gasteiger partial charge on any atom is -0.484 e. The number of nitro groups is 1. The number of nitro benzene ring substituents is 1. The molecule has 1 aliphatic heterocycles. The van der Waals surface area contributed by atoms with E-state index in [0.717, 1.165) is 32.7 Å². The lowest BCUT2D eigenvalue weighted by atomic mass is 10.2. The Balaban J connectivity index is 0.00000264. The van der Waals surface area contributed by atoms with Crippen LogP contribution in [0.1, 0.15) is 6.92 Å². The van der Waals surface area contributed by atoms with E-state index in [9.17, 15) is 15.2 Å². The molecule has 1 unspecified atom stereocenters. The Morgan fingerprint density at radius 2 is 1.79 bits per heavy atom. The first-order valence-corrected chi connectivity index (χ1v) is 7.59. The molecular weight excluding hydrogens is 357 g/mol. The molecule has 2 rings (SSSR count). The van der Waals surface area contributed by atoms with E-state index in [-0.39, 0.29) is 42.9 Å². The number of ether oxygens (including phenoxy) is 1. The minimum absolute atomic E-state index is 0. The van der Waals surface area contributed by atoms with Crippen LogP contribution in [-0.4, -0.2) is 71.8 Å². The second-order valence-corrected chi connectivity index (χ2v) is 5.42. The van der Waals surface area contributed by atoms with Crippen molar-refractivity contribution in [3.63, 3.8) is 0 Å². The molecule has 0 radical (unpaired) electrons. The third-order valence-corrected chi connectivity index (χ3v) is 3.87. The Morgan fingerprint density at radius 3 is 2.38 bits per heavy atom. The van der Waals surface area contributed by atoms with Crippen LogP contribution in [0.3, 0.4) is 0 Å². The third-order valence-electron chi connectivity index (χ3n) is 3.87. The van der Waals surface area contributed by atoms with Gasteiger partial charge in [0.25, 0.3) is 0 Å².